The molecule has 5 heterocycles. The summed E-state index contributed by atoms with van der Waals surface area (Å²) in [5.74, 6) is 0.549. The Morgan fingerprint density at radius 1 is 1.26 bits per heavy atom. The topological polar surface area (TPSA) is 142 Å². The molecule has 0 bridgehead atoms. The molecular weight excluding hydrogens is 488 g/mol. The van der Waals surface area contributed by atoms with Crippen LogP contribution < -0.4 is 21.9 Å². The van der Waals surface area contributed by atoms with Gasteiger partial charge in [-0.1, -0.05) is 22.9 Å². The lowest BCUT2D eigenvalue weighted by atomic mass is 10.0. The Balaban J connectivity index is 1.44. The highest BCUT2D eigenvalue weighted by Crippen LogP contribution is 2.22. The monoisotopic (exact) mass is 516 g/mol. The van der Waals surface area contributed by atoms with Crippen LogP contribution in [0.15, 0.2) is 62.6 Å². The van der Waals surface area contributed by atoms with E-state index in [1.54, 1.807) is 26.0 Å². The maximum absolute atomic E-state index is 13.4. The van der Waals surface area contributed by atoms with Crippen LogP contribution >= 0.6 is 0 Å². The maximum atomic E-state index is 13.4. The number of amides is 1. The number of aromatic nitrogens is 6. The minimum Gasteiger partial charge on any atom is -0.384 e. The number of nitrogens with one attached hydrogen (secondary N) is 2. The molecule has 0 fully saturated rings. The van der Waals surface area contributed by atoms with Crippen molar-refractivity contribution in [2.45, 2.75) is 46.3 Å². The van der Waals surface area contributed by atoms with Gasteiger partial charge in [-0.25, -0.2) is 14.8 Å². The zero-order valence-corrected chi connectivity index (χ0v) is 21.7. The number of anilines is 1. The Kier molecular flexibility index (Phi) is 6.31. The number of fused-ring (bicyclic) bond motifs is 1. The van der Waals surface area contributed by atoms with Crippen molar-refractivity contribution < 1.29 is 9.32 Å². The number of carbonyl (C=O) groups excluding carboxylic acids is 1. The molecule has 0 aliphatic carbocycles. The second-order valence-corrected chi connectivity index (χ2v) is 9.44. The van der Waals surface area contributed by atoms with Crippen LogP contribution in [0.4, 0.5) is 5.82 Å². The largest absolute Gasteiger partial charge is 0.384 e. The molecule has 4 aromatic heterocycles. The zero-order valence-electron chi connectivity index (χ0n) is 21.7. The summed E-state index contributed by atoms with van der Waals surface area (Å²) in [5.41, 5.74) is 2.43. The minimum absolute atomic E-state index is 0.0708. The van der Waals surface area contributed by atoms with E-state index in [-0.39, 0.29) is 23.8 Å². The number of hydrogen-bond donors (Lipinski definition) is 2. The number of hydrogen-bond acceptors (Lipinski definition) is 8. The number of aryl methyl sites for hydroxylation is 2. The van der Waals surface area contributed by atoms with Gasteiger partial charge in [0.2, 0.25) is 5.91 Å². The highest BCUT2D eigenvalue weighted by molar-refractivity contribution is 5.93. The van der Waals surface area contributed by atoms with Crippen molar-refractivity contribution in [3.05, 3.63) is 86.4 Å². The van der Waals surface area contributed by atoms with Crippen molar-refractivity contribution in [2.24, 2.45) is 7.05 Å². The highest BCUT2D eigenvalue weighted by atomic mass is 16.5. The smallest absolute Gasteiger partial charge is 0.332 e. The predicted molar refractivity (Wildman–Crippen MR) is 141 cm³/mol. The van der Waals surface area contributed by atoms with Gasteiger partial charge in [-0.3, -0.25) is 18.7 Å². The van der Waals surface area contributed by atoms with Gasteiger partial charge in [-0.05, 0) is 39.8 Å². The molecule has 1 aliphatic rings. The van der Waals surface area contributed by atoms with Gasteiger partial charge in [-0.2, -0.15) is 0 Å². The molecule has 1 amide bonds. The second kappa shape index (κ2) is 9.61. The predicted octanol–water partition coefficient (Wildman–Crippen LogP) is 2.12. The molecule has 0 radical (unpaired) electrons. The third-order valence-electron chi connectivity index (χ3n) is 6.70. The highest BCUT2D eigenvalue weighted by Gasteiger charge is 2.23. The van der Waals surface area contributed by atoms with E-state index in [1.807, 2.05) is 25.3 Å². The van der Waals surface area contributed by atoms with E-state index in [4.69, 9.17) is 4.52 Å². The van der Waals surface area contributed by atoms with Crippen molar-refractivity contribution in [3.63, 3.8) is 0 Å². The summed E-state index contributed by atoms with van der Waals surface area (Å²) in [6.07, 6.45) is 5.35. The van der Waals surface area contributed by atoms with Crippen molar-refractivity contribution in [3.8, 4) is 0 Å². The fourth-order valence-corrected chi connectivity index (χ4v) is 4.30. The normalized spacial score (nSPS) is 16.1. The lowest BCUT2D eigenvalue weighted by molar-refractivity contribution is -0.118. The number of rotatable bonds is 6. The first-order chi connectivity index (χ1) is 18.1. The SMILES string of the molecule is CC1=CC(c2cccc(NC(=O)[C@H](C)n3cnc4c3c(=O)n(Cc3cc(C)on3)c(=O)n4C)n2)=CNC1C. The summed E-state index contributed by atoms with van der Waals surface area (Å²) in [5, 5.41) is 10.0. The van der Waals surface area contributed by atoms with Gasteiger partial charge < -0.3 is 19.7 Å². The summed E-state index contributed by atoms with van der Waals surface area (Å²) in [4.78, 5) is 48.4. The maximum Gasteiger partial charge on any atom is 0.332 e. The van der Waals surface area contributed by atoms with Gasteiger partial charge in [0.05, 0.1) is 18.6 Å². The number of allylic oxidation sites excluding steroid dienone is 2. The lowest BCUT2D eigenvalue weighted by Crippen LogP contribution is -2.40. The third kappa shape index (κ3) is 4.44. The third-order valence-corrected chi connectivity index (χ3v) is 6.70. The molecule has 1 unspecified atom stereocenters. The number of nitrogens with zero attached hydrogens (tertiary/aromatic N) is 6. The first-order valence-electron chi connectivity index (χ1n) is 12.1. The first-order valence-corrected chi connectivity index (χ1v) is 12.1. The number of dihydropyridines is 1. The summed E-state index contributed by atoms with van der Waals surface area (Å²) in [7, 11) is 1.53. The van der Waals surface area contributed by atoms with Crippen LogP contribution in [-0.4, -0.2) is 40.8 Å². The summed E-state index contributed by atoms with van der Waals surface area (Å²) in [6.45, 7) is 7.42. The molecule has 0 aromatic carbocycles. The average Bonchev–Trinajstić information content (AvgIpc) is 3.53. The quantitative estimate of drug-likeness (QED) is 0.397. The van der Waals surface area contributed by atoms with Crippen LogP contribution in [0.3, 0.4) is 0 Å². The van der Waals surface area contributed by atoms with Crippen LogP contribution in [0, 0.1) is 6.92 Å². The summed E-state index contributed by atoms with van der Waals surface area (Å²) < 4.78 is 8.85. The molecule has 12 heteroatoms. The van der Waals surface area contributed by atoms with Crippen molar-refractivity contribution in [1.29, 1.82) is 0 Å². The molecule has 0 saturated heterocycles. The fourth-order valence-electron chi connectivity index (χ4n) is 4.30. The van der Waals surface area contributed by atoms with E-state index in [0.29, 0.717) is 23.0 Å². The summed E-state index contributed by atoms with van der Waals surface area (Å²) in [6, 6.07) is 6.47. The summed E-state index contributed by atoms with van der Waals surface area (Å²) >= 11 is 0. The van der Waals surface area contributed by atoms with Crippen LogP contribution in [0.2, 0.25) is 0 Å². The molecule has 4 aromatic rings. The van der Waals surface area contributed by atoms with Crippen LogP contribution in [0.25, 0.3) is 16.7 Å². The minimum atomic E-state index is -0.822. The molecule has 0 saturated carbocycles. The Morgan fingerprint density at radius 3 is 2.76 bits per heavy atom. The van der Waals surface area contributed by atoms with Gasteiger partial charge in [0.1, 0.15) is 23.3 Å². The molecule has 2 atom stereocenters. The Morgan fingerprint density at radius 2 is 2.05 bits per heavy atom. The van der Waals surface area contributed by atoms with Crippen molar-refractivity contribution in [1.82, 2.24) is 34.1 Å². The Hall–Kier alpha value is -4.74. The van der Waals surface area contributed by atoms with E-state index in [2.05, 4.69) is 38.8 Å². The molecule has 38 heavy (non-hydrogen) atoms. The molecule has 5 rings (SSSR count). The van der Waals surface area contributed by atoms with E-state index in [0.717, 1.165) is 10.1 Å². The molecule has 0 spiro atoms. The van der Waals surface area contributed by atoms with Gasteiger partial charge in [0.15, 0.2) is 11.2 Å². The molecular formula is C26H28N8O4. The van der Waals surface area contributed by atoms with Crippen molar-refractivity contribution in [2.75, 3.05) is 5.32 Å². The molecule has 12 nitrogen and oxygen atoms in total. The lowest BCUT2D eigenvalue weighted by Gasteiger charge is -2.20. The number of carbonyl (C=O) groups is 1. The Labute approximate surface area is 217 Å². The van der Waals surface area contributed by atoms with Gasteiger partial charge in [-0.15, -0.1) is 0 Å². The fraction of sp³-hybridized carbons (Fsp3) is 0.308. The van der Waals surface area contributed by atoms with E-state index >= 15 is 0 Å². The molecule has 1 aliphatic heterocycles. The first kappa shape index (κ1) is 24.9. The van der Waals surface area contributed by atoms with E-state index in [9.17, 15) is 14.4 Å². The standard InChI is InChI=1S/C26H28N8O4/c1-14-9-18(11-27-16(14)3)20-7-6-8-21(29-20)30-24(35)17(4)34-13-28-23-22(34)25(36)33(26(37)32(23)5)12-19-10-15(2)38-31-19/h6-11,13,16-17,27H,12H2,1-5H3,(H,29,30,35)/t16?,17-/m0/s1. The van der Waals surface area contributed by atoms with Crippen LogP contribution in [-0.2, 0) is 18.4 Å². The molecule has 2 N–H and O–H groups in total. The van der Waals surface area contributed by atoms with Crippen LogP contribution in [0.1, 0.15) is 44.0 Å². The average molecular weight is 517 g/mol. The van der Waals surface area contributed by atoms with Gasteiger partial charge >= 0.3 is 5.69 Å². The van der Waals surface area contributed by atoms with Crippen molar-refractivity contribution >= 4 is 28.5 Å². The number of pyridine rings is 1. The van der Waals surface area contributed by atoms with Gasteiger partial charge in [0.25, 0.3) is 5.56 Å². The van der Waals surface area contributed by atoms with E-state index < -0.39 is 23.2 Å². The Bertz CT molecular complexity index is 1740. The molecule has 196 valence electrons. The van der Waals surface area contributed by atoms with E-state index in [1.165, 1.54) is 28.1 Å². The zero-order chi connectivity index (χ0) is 27.1. The van der Waals surface area contributed by atoms with Crippen LogP contribution in [0.5, 0.6) is 0 Å². The second-order valence-electron chi connectivity index (χ2n) is 9.44. The van der Waals surface area contributed by atoms with Gasteiger partial charge in [0, 0.05) is 30.9 Å². The number of imidazole rings is 1.